The van der Waals surface area contributed by atoms with E-state index in [1.54, 1.807) is 24.5 Å². The number of benzene rings is 1. The van der Waals surface area contributed by atoms with Gasteiger partial charge in [0.2, 0.25) is 0 Å². The van der Waals surface area contributed by atoms with Crippen molar-refractivity contribution in [2.45, 2.75) is 19.5 Å². The Kier molecular flexibility index (Phi) is 4.23. The summed E-state index contributed by atoms with van der Waals surface area (Å²) in [6.45, 7) is 2.95. The van der Waals surface area contributed by atoms with Crippen LogP contribution in [0.5, 0.6) is 11.5 Å². The van der Waals surface area contributed by atoms with Crippen LogP contribution in [0, 0.1) is 0 Å². The summed E-state index contributed by atoms with van der Waals surface area (Å²) in [4.78, 5) is 1.31. The van der Waals surface area contributed by atoms with Gasteiger partial charge in [0.1, 0.15) is 0 Å². The van der Waals surface area contributed by atoms with Crippen molar-refractivity contribution in [2.24, 2.45) is 0 Å². The summed E-state index contributed by atoms with van der Waals surface area (Å²) >= 11 is 1.74. The minimum absolute atomic E-state index is 0.173. The third-order valence-corrected chi connectivity index (χ3v) is 3.74. The predicted octanol–water partition coefficient (Wildman–Crippen LogP) is 3.31. The topological polar surface area (TPSA) is 41.5 Å². The maximum atomic E-state index is 9.55. The zero-order valence-corrected chi connectivity index (χ0v) is 11.3. The standard InChI is InChI=1S/C14H17NO2S/c1-10(15-9-12-4-3-7-18-12)11-5-6-13(16)14(8-11)17-2/h3-8,10,15-16H,9H2,1-2H3. The summed E-state index contributed by atoms with van der Waals surface area (Å²) in [5.74, 6) is 0.684. The third kappa shape index (κ3) is 3.03. The van der Waals surface area contributed by atoms with E-state index in [4.69, 9.17) is 4.74 Å². The Hall–Kier alpha value is -1.52. The molecule has 1 atom stereocenters. The highest BCUT2D eigenvalue weighted by Crippen LogP contribution is 2.28. The molecule has 0 saturated carbocycles. The molecule has 3 nitrogen and oxygen atoms in total. The molecule has 0 aliphatic heterocycles. The van der Waals surface area contributed by atoms with Gasteiger partial charge in [0.15, 0.2) is 11.5 Å². The Morgan fingerprint density at radius 2 is 2.22 bits per heavy atom. The van der Waals surface area contributed by atoms with E-state index in [-0.39, 0.29) is 11.8 Å². The molecule has 18 heavy (non-hydrogen) atoms. The van der Waals surface area contributed by atoms with Gasteiger partial charge in [-0.2, -0.15) is 0 Å². The van der Waals surface area contributed by atoms with Crippen molar-refractivity contribution in [3.8, 4) is 11.5 Å². The van der Waals surface area contributed by atoms with Gasteiger partial charge in [0, 0.05) is 17.5 Å². The van der Waals surface area contributed by atoms with Gasteiger partial charge < -0.3 is 15.2 Å². The molecule has 0 spiro atoms. The van der Waals surface area contributed by atoms with Crippen LogP contribution in [0.2, 0.25) is 0 Å². The normalized spacial score (nSPS) is 12.3. The van der Waals surface area contributed by atoms with Crippen molar-refractivity contribution in [2.75, 3.05) is 7.11 Å². The van der Waals surface area contributed by atoms with Crippen molar-refractivity contribution < 1.29 is 9.84 Å². The number of hydrogen-bond donors (Lipinski definition) is 2. The van der Waals surface area contributed by atoms with Gasteiger partial charge >= 0.3 is 0 Å². The Balaban J connectivity index is 2.02. The highest BCUT2D eigenvalue weighted by molar-refractivity contribution is 7.09. The van der Waals surface area contributed by atoms with E-state index in [0.29, 0.717) is 5.75 Å². The molecular formula is C14H17NO2S. The second kappa shape index (κ2) is 5.89. The number of ether oxygens (including phenoxy) is 1. The fourth-order valence-corrected chi connectivity index (χ4v) is 2.40. The highest BCUT2D eigenvalue weighted by atomic mass is 32.1. The molecule has 2 rings (SSSR count). The first-order chi connectivity index (χ1) is 8.70. The fraction of sp³-hybridized carbons (Fsp3) is 0.286. The molecule has 4 heteroatoms. The fourth-order valence-electron chi connectivity index (χ4n) is 1.75. The summed E-state index contributed by atoms with van der Waals surface area (Å²) in [6, 6.07) is 9.81. The van der Waals surface area contributed by atoms with Crippen LogP contribution in [-0.4, -0.2) is 12.2 Å². The molecule has 0 saturated heterocycles. The van der Waals surface area contributed by atoms with Crippen molar-refractivity contribution in [1.29, 1.82) is 0 Å². The molecule has 0 amide bonds. The summed E-state index contributed by atoms with van der Waals surface area (Å²) < 4.78 is 5.11. The largest absolute Gasteiger partial charge is 0.504 e. The highest BCUT2D eigenvalue weighted by Gasteiger charge is 2.09. The zero-order chi connectivity index (χ0) is 13.0. The van der Waals surface area contributed by atoms with Gasteiger partial charge in [-0.25, -0.2) is 0 Å². The molecular weight excluding hydrogens is 246 g/mol. The van der Waals surface area contributed by atoms with Crippen molar-refractivity contribution >= 4 is 11.3 Å². The first-order valence-corrected chi connectivity index (χ1v) is 6.71. The molecule has 0 fully saturated rings. The summed E-state index contributed by atoms with van der Waals surface area (Å²) in [5.41, 5.74) is 1.10. The number of aromatic hydroxyl groups is 1. The maximum absolute atomic E-state index is 9.55. The smallest absolute Gasteiger partial charge is 0.160 e. The van der Waals surface area contributed by atoms with Crippen molar-refractivity contribution in [3.05, 3.63) is 46.2 Å². The molecule has 1 aromatic carbocycles. The molecule has 1 unspecified atom stereocenters. The first kappa shape index (κ1) is 12.9. The summed E-state index contributed by atoms with van der Waals surface area (Å²) in [7, 11) is 1.56. The number of rotatable bonds is 5. The van der Waals surface area contributed by atoms with Crippen LogP contribution in [0.3, 0.4) is 0 Å². The number of methoxy groups -OCH3 is 1. The van der Waals surface area contributed by atoms with E-state index >= 15 is 0 Å². The van der Waals surface area contributed by atoms with Gasteiger partial charge in [-0.05, 0) is 36.1 Å². The first-order valence-electron chi connectivity index (χ1n) is 5.83. The molecule has 0 aliphatic rings. The monoisotopic (exact) mass is 263 g/mol. The van der Waals surface area contributed by atoms with Gasteiger partial charge in [-0.15, -0.1) is 11.3 Å². The van der Waals surface area contributed by atoms with Crippen LogP contribution >= 0.6 is 11.3 Å². The Morgan fingerprint density at radius 1 is 1.39 bits per heavy atom. The number of thiophene rings is 1. The van der Waals surface area contributed by atoms with Crippen LogP contribution in [0.15, 0.2) is 35.7 Å². The van der Waals surface area contributed by atoms with Crippen LogP contribution in [0.4, 0.5) is 0 Å². The number of phenols is 1. The lowest BCUT2D eigenvalue weighted by Crippen LogP contribution is -2.17. The van der Waals surface area contributed by atoms with Crippen LogP contribution in [-0.2, 0) is 6.54 Å². The van der Waals surface area contributed by atoms with Gasteiger partial charge in [0.05, 0.1) is 7.11 Å². The summed E-state index contributed by atoms with van der Waals surface area (Å²) in [5, 5.41) is 15.1. The lowest BCUT2D eigenvalue weighted by Gasteiger charge is -2.15. The van der Waals surface area contributed by atoms with E-state index in [9.17, 15) is 5.11 Å². The maximum Gasteiger partial charge on any atom is 0.160 e. The molecule has 1 aromatic heterocycles. The molecule has 96 valence electrons. The Morgan fingerprint density at radius 3 is 2.89 bits per heavy atom. The van der Waals surface area contributed by atoms with Crippen LogP contribution in [0.25, 0.3) is 0 Å². The van der Waals surface area contributed by atoms with Crippen LogP contribution < -0.4 is 10.1 Å². The van der Waals surface area contributed by atoms with E-state index in [2.05, 4.69) is 29.8 Å². The second-order valence-electron chi connectivity index (χ2n) is 4.11. The lowest BCUT2D eigenvalue weighted by molar-refractivity contribution is 0.372. The Bertz CT molecular complexity index is 497. The van der Waals surface area contributed by atoms with Crippen LogP contribution in [0.1, 0.15) is 23.4 Å². The van der Waals surface area contributed by atoms with E-state index < -0.39 is 0 Å². The minimum atomic E-state index is 0.173. The van der Waals surface area contributed by atoms with Crippen molar-refractivity contribution in [1.82, 2.24) is 5.32 Å². The van der Waals surface area contributed by atoms with E-state index in [1.807, 2.05) is 12.1 Å². The predicted molar refractivity (Wildman–Crippen MR) is 74.2 cm³/mol. The third-order valence-electron chi connectivity index (χ3n) is 2.87. The second-order valence-corrected chi connectivity index (χ2v) is 5.15. The lowest BCUT2D eigenvalue weighted by atomic mass is 10.1. The van der Waals surface area contributed by atoms with Crippen molar-refractivity contribution in [3.63, 3.8) is 0 Å². The molecule has 0 bridgehead atoms. The molecule has 0 radical (unpaired) electrons. The van der Waals surface area contributed by atoms with E-state index in [1.165, 1.54) is 4.88 Å². The number of nitrogens with one attached hydrogen (secondary N) is 1. The average molecular weight is 263 g/mol. The zero-order valence-electron chi connectivity index (χ0n) is 10.5. The quantitative estimate of drug-likeness (QED) is 0.869. The van der Waals surface area contributed by atoms with Gasteiger partial charge in [-0.3, -0.25) is 0 Å². The minimum Gasteiger partial charge on any atom is -0.504 e. The average Bonchev–Trinajstić information content (AvgIpc) is 2.89. The summed E-state index contributed by atoms with van der Waals surface area (Å²) in [6.07, 6.45) is 0. The molecule has 0 aliphatic carbocycles. The molecule has 1 heterocycles. The SMILES string of the molecule is COc1cc(C(C)NCc2cccs2)ccc1O. The van der Waals surface area contributed by atoms with Gasteiger partial charge in [-0.1, -0.05) is 12.1 Å². The number of phenolic OH excluding ortho intramolecular Hbond substituents is 1. The molecule has 2 N–H and O–H groups in total. The van der Waals surface area contributed by atoms with E-state index in [0.717, 1.165) is 12.1 Å². The molecule has 2 aromatic rings. The Labute approximate surface area is 111 Å². The van der Waals surface area contributed by atoms with Gasteiger partial charge in [0.25, 0.3) is 0 Å². The number of hydrogen-bond acceptors (Lipinski definition) is 4.